The minimum absolute atomic E-state index is 0.00986. The van der Waals surface area contributed by atoms with Crippen molar-refractivity contribution >= 4 is 9.73 Å². The van der Waals surface area contributed by atoms with E-state index in [-0.39, 0.29) is 30.3 Å². The first-order valence-electron chi connectivity index (χ1n) is 10.5. The van der Waals surface area contributed by atoms with Crippen LogP contribution in [0, 0.1) is 18.8 Å². The van der Waals surface area contributed by atoms with Gasteiger partial charge < -0.3 is 14.9 Å². The maximum absolute atomic E-state index is 14.4. The number of fused-ring (bicyclic) bond motifs is 1. The lowest BCUT2D eigenvalue weighted by molar-refractivity contribution is -0.0547. The predicted octanol–water partition coefficient (Wildman–Crippen LogP) is 3.55. The summed E-state index contributed by atoms with van der Waals surface area (Å²) in [5.74, 6) is 0.354. The van der Waals surface area contributed by atoms with Crippen molar-refractivity contribution in [2.24, 2.45) is 16.2 Å². The molecule has 6 heteroatoms. The molecule has 1 saturated heterocycles. The van der Waals surface area contributed by atoms with Crippen LogP contribution >= 0.6 is 0 Å². The summed E-state index contributed by atoms with van der Waals surface area (Å²) in [6.07, 6.45) is 2.97. The topological polar surface area (TPSA) is 79.1 Å². The van der Waals surface area contributed by atoms with Crippen LogP contribution in [0.5, 0.6) is 0 Å². The van der Waals surface area contributed by atoms with Crippen LogP contribution in [-0.4, -0.2) is 50.6 Å². The average molecular weight is 410 g/mol. The Hall–Kier alpha value is -0.950. The number of aliphatic hydroxyl groups excluding tert-OH is 2. The predicted molar refractivity (Wildman–Crippen MR) is 112 cm³/mol. The minimum atomic E-state index is -2.82. The summed E-state index contributed by atoms with van der Waals surface area (Å²) in [6.45, 7) is 7.75. The summed E-state index contributed by atoms with van der Waals surface area (Å²) in [7, 11) is -2.82. The monoisotopic (exact) mass is 409 g/mol. The van der Waals surface area contributed by atoms with Crippen molar-refractivity contribution in [3.63, 3.8) is 0 Å². The van der Waals surface area contributed by atoms with Crippen LogP contribution in [-0.2, 0) is 14.5 Å². The third-order valence-corrected chi connectivity index (χ3v) is 8.95. The summed E-state index contributed by atoms with van der Waals surface area (Å²) in [5.41, 5.74) is 0.488. The van der Waals surface area contributed by atoms with Crippen LogP contribution in [0.1, 0.15) is 52.0 Å². The third-order valence-electron chi connectivity index (χ3n) is 6.45. The highest BCUT2D eigenvalue weighted by Crippen LogP contribution is 2.47. The lowest BCUT2D eigenvalue weighted by atomic mass is 9.75. The van der Waals surface area contributed by atoms with Crippen molar-refractivity contribution in [3.05, 3.63) is 29.8 Å². The van der Waals surface area contributed by atoms with E-state index in [1.165, 1.54) is 0 Å². The molecule has 28 heavy (non-hydrogen) atoms. The molecule has 0 aromatic heterocycles. The molecule has 1 saturated carbocycles. The normalized spacial score (nSPS) is 33.3. The van der Waals surface area contributed by atoms with Crippen molar-refractivity contribution in [1.82, 2.24) is 0 Å². The average Bonchev–Trinajstić information content (AvgIpc) is 2.90. The molecule has 1 unspecified atom stereocenters. The lowest BCUT2D eigenvalue weighted by Gasteiger charge is -2.39. The van der Waals surface area contributed by atoms with Crippen molar-refractivity contribution in [1.29, 1.82) is 0 Å². The molecule has 3 rings (SSSR count). The number of hydrogen-bond donors (Lipinski definition) is 2. The first-order chi connectivity index (χ1) is 13.2. The Bertz CT molecular complexity index is 784. The Labute approximate surface area is 169 Å². The maximum Gasteiger partial charge on any atom is 0.0868 e. The molecule has 1 heterocycles. The second-order valence-electron chi connectivity index (χ2n) is 8.93. The van der Waals surface area contributed by atoms with Gasteiger partial charge in [-0.15, -0.1) is 0 Å². The van der Waals surface area contributed by atoms with Crippen LogP contribution in [0.2, 0.25) is 0 Å². The van der Waals surface area contributed by atoms with Crippen LogP contribution in [0.4, 0.5) is 0 Å². The zero-order chi connectivity index (χ0) is 20.5. The number of rotatable bonds is 6. The standard InChI is InChI=1S/C22H35NO4S/c1-15(2)20(13-24)23-28(26,18-10-8-16(3)9-11-18)14-22-12-6-5-7-19(22)21(25)17(4)27-22/h8-11,15,17,19-21,24-25H,5-7,12-14H2,1-4H3/t17-,19+,20+,21+,22-,28?/m1/s1. The fourth-order valence-corrected chi connectivity index (χ4v) is 7.45. The van der Waals surface area contributed by atoms with E-state index in [4.69, 9.17) is 9.10 Å². The highest BCUT2D eigenvalue weighted by molar-refractivity contribution is 7.93. The molecule has 6 atom stereocenters. The van der Waals surface area contributed by atoms with Gasteiger partial charge in [-0.3, -0.25) is 0 Å². The maximum atomic E-state index is 14.4. The second kappa shape index (κ2) is 8.42. The minimum Gasteiger partial charge on any atom is -0.394 e. The first kappa shape index (κ1) is 21.8. The van der Waals surface area contributed by atoms with Gasteiger partial charge in [0.05, 0.1) is 45.9 Å². The second-order valence-corrected chi connectivity index (χ2v) is 11.2. The van der Waals surface area contributed by atoms with E-state index in [0.717, 1.165) is 31.2 Å². The number of ether oxygens (including phenoxy) is 1. The summed E-state index contributed by atoms with van der Waals surface area (Å²) in [5, 5.41) is 20.5. The molecule has 158 valence electrons. The Kier molecular flexibility index (Phi) is 6.54. The van der Waals surface area contributed by atoms with E-state index >= 15 is 0 Å². The van der Waals surface area contributed by atoms with Gasteiger partial charge in [0.1, 0.15) is 0 Å². The number of hydrogen-bond acceptors (Lipinski definition) is 5. The smallest absolute Gasteiger partial charge is 0.0868 e. The number of aryl methyl sites for hydroxylation is 1. The Balaban J connectivity index is 2.08. The van der Waals surface area contributed by atoms with E-state index in [9.17, 15) is 14.4 Å². The zero-order valence-corrected chi connectivity index (χ0v) is 18.3. The van der Waals surface area contributed by atoms with Gasteiger partial charge in [0, 0.05) is 10.8 Å². The van der Waals surface area contributed by atoms with Crippen LogP contribution in [0.15, 0.2) is 33.5 Å². The largest absolute Gasteiger partial charge is 0.394 e. The number of benzene rings is 1. The molecule has 0 spiro atoms. The zero-order valence-electron chi connectivity index (χ0n) is 17.5. The third kappa shape index (κ3) is 4.16. The van der Waals surface area contributed by atoms with Crippen LogP contribution in [0.25, 0.3) is 0 Å². The molecule has 5 nitrogen and oxygen atoms in total. The molecule has 0 amide bonds. The quantitative estimate of drug-likeness (QED) is 0.753. The van der Waals surface area contributed by atoms with E-state index < -0.39 is 27.5 Å². The Morgan fingerprint density at radius 2 is 1.96 bits per heavy atom. The van der Waals surface area contributed by atoms with Gasteiger partial charge in [0.15, 0.2) is 0 Å². The molecule has 0 bridgehead atoms. The molecule has 1 aromatic rings. The number of aliphatic hydroxyl groups is 2. The Morgan fingerprint density at radius 3 is 2.57 bits per heavy atom. The van der Waals surface area contributed by atoms with Gasteiger partial charge >= 0.3 is 0 Å². The molecular weight excluding hydrogens is 374 g/mol. The van der Waals surface area contributed by atoms with Gasteiger partial charge in [0.25, 0.3) is 0 Å². The van der Waals surface area contributed by atoms with Crippen molar-refractivity contribution in [2.75, 3.05) is 12.4 Å². The van der Waals surface area contributed by atoms with Crippen molar-refractivity contribution in [3.8, 4) is 0 Å². The van der Waals surface area contributed by atoms with Gasteiger partial charge in [0.2, 0.25) is 0 Å². The Morgan fingerprint density at radius 1 is 1.29 bits per heavy atom. The molecule has 2 N–H and O–H groups in total. The molecule has 0 radical (unpaired) electrons. The van der Waals surface area contributed by atoms with Gasteiger partial charge in [-0.05, 0) is 44.7 Å². The van der Waals surface area contributed by atoms with Gasteiger partial charge in [-0.25, -0.2) is 8.57 Å². The molecule has 1 aliphatic carbocycles. The summed E-state index contributed by atoms with van der Waals surface area (Å²) >= 11 is 0. The summed E-state index contributed by atoms with van der Waals surface area (Å²) in [4.78, 5) is 0.688. The number of nitrogens with zero attached hydrogens (tertiary/aromatic N) is 1. The molecule has 1 aromatic carbocycles. The fourth-order valence-electron chi connectivity index (χ4n) is 4.69. The first-order valence-corrected chi connectivity index (χ1v) is 12.2. The molecule has 2 fully saturated rings. The van der Waals surface area contributed by atoms with E-state index in [1.807, 2.05) is 52.0 Å². The molecular formula is C22H35NO4S. The lowest BCUT2D eigenvalue weighted by Crippen LogP contribution is -2.46. The highest BCUT2D eigenvalue weighted by atomic mass is 32.2. The van der Waals surface area contributed by atoms with Gasteiger partial charge in [-0.2, -0.15) is 0 Å². The van der Waals surface area contributed by atoms with E-state index in [1.54, 1.807) is 0 Å². The van der Waals surface area contributed by atoms with E-state index in [2.05, 4.69) is 0 Å². The molecule has 2 aliphatic rings. The van der Waals surface area contributed by atoms with E-state index in [0.29, 0.717) is 4.90 Å². The fraction of sp³-hybridized carbons (Fsp3) is 0.727. The van der Waals surface area contributed by atoms with Crippen LogP contribution in [0.3, 0.4) is 0 Å². The SMILES string of the molecule is Cc1ccc(S(=O)(C[C@]23CCCC[C@H]2[C@@H](O)[C@@H](C)O3)=N[C@@H](CO)C(C)C)cc1. The summed E-state index contributed by atoms with van der Waals surface area (Å²) < 4.78 is 25.4. The van der Waals surface area contributed by atoms with Crippen LogP contribution < -0.4 is 0 Å². The highest BCUT2D eigenvalue weighted by Gasteiger charge is 2.55. The molecule has 1 aliphatic heterocycles. The van der Waals surface area contributed by atoms with Crippen molar-refractivity contribution in [2.45, 2.75) is 82.1 Å². The van der Waals surface area contributed by atoms with Crippen molar-refractivity contribution < 1.29 is 19.2 Å². The van der Waals surface area contributed by atoms with Gasteiger partial charge in [-0.1, -0.05) is 44.4 Å². The summed E-state index contributed by atoms with van der Waals surface area (Å²) in [6, 6.07) is 7.29.